The van der Waals surface area contributed by atoms with E-state index >= 15 is 0 Å². The smallest absolute Gasteiger partial charge is 0.335 e. The summed E-state index contributed by atoms with van der Waals surface area (Å²) in [5, 5.41) is 10.3. The molecular weight excluding hydrogens is 256 g/mol. The Labute approximate surface area is 120 Å². The van der Waals surface area contributed by atoms with Gasteiger partial charge in [0.2, 0.25) is 0 Å². The third-order valence-corrected chi connectivity index (χ3v) is 3.60. The topological polar surface area (TPSA) is 55.8 Å². The van der Waals surface area contributed by atoms with Crippen LogP contribution in [0.15, 0.2) is 24.3 Å². The molecule has 0 aromatic heterocycles. The van der Waals surface area contributed by atoms with E-state index in [1.54, 1.807) is 0 Å². The van der Waals surface area contributed by atoms with E-state index in [0.717, 1.165) is 11.1 Å². The first-order valence-corrected chi connectivity index (χ1v) is 6.98. The maximum absolute atomic E-state index is 11.9. The molecule has 20 heavy (non-hydrogen) atoms. The SMILES string of the molecule is CCC(O)(CC)OC(Cc1ccccc1C)C(=O)OC. The number of benzene rings is 1. The molecule has 0 saturated carbocycles. The molecule has 0 radical (unpaired) electrons. The van der Waals surface area contributed by atoms with E-state index in [0.29, 0.717) is 19.3 Å². The number of aliphatic hydroxyl groups is 1. The van der Waals surface area contributed by atoms with Gasteiger partial charge in [-0.3, -0.25) is 0 Å². The van der Waals surface area contributed by atoms with Crippen molar-refractivity contribution in [3.8, 4) is 0 Å². The van der Waals surface area contributed by atoms with Gasteiger partial charge >= 0.3 is 5.97 Å². The fraction of sp³-hybridized carbons (Fsp3) is 0.562. The quantitative estimate of drug-likeness (QED) is 0.616. The highest BCUT2D eigenvalue weighted by Crippen LogP contribution is 2.22. The zero-order valence-electron chi connectivity index (χ0n) is 12.7. The van der Waals surface area contributed by atoms with Crippen LogP contribution in [0.4, 0.5) is 0 Å². The molecular formula is C16H24O4. The molecule has 0 aliphatic carbocycles. The van der Waals surface area contributed by atoms with Crippen LogP contribution in [0.5, 0.6) is 0 Å². The summed E-state index contributed by atoms with van der Waals surface area (Å²) in [6, 6.07) is 7.80. The largest absolute Gasteiger partial charge is 0.467 e. The van der Waals surface area contributed by atoms with Gasteiger partial charge in [0.05, 0.1) is 7.11 Å². The summed E-state index contributed by atoms with van der Waals surface area (Å²) in [7, 11) is 1.33. The number of methoxy groups -OCH3 is 1. The Bertz CT molecular complexity index is 438. The summed E-state index contributed by atoms with van der Waals surface area (Å²) in [5.74, 6) is -1.75. The molecule has 1 rings (SSSR count). The van der Waals surface area contributed by atoms with E-state index in [1.807, 2.05) is 45.0 Å². The van der Waals surface area contributed by atoms with E-state index in [-0.39, 0.29) is 0 Å². The molecule has 0 aliphatic rings. The summed E-state index contributed by atoms with van der Waals surface area (Å²) in [4.78, 5) is 11.9. The first-order valence-electron chi connectivity index (χ1n) is 6.98. The number of hydrogen-bond donors (Lipinski definition) is 1. The van der Waals surface area contributed by atoms with Crippen molar-refractivity contribution in [2.24, 2.45) is 0 Å². The van der Waals surface area contributed by atoms with Crippen molar-refractivity contribution in [2.75, 3.05) is 7.11 Å². The average Bonchev–Trinajstić information content (AvgIpc) is 2.47. The van der Waals surface area contributed by atoms with Crippen LogP contribution in [0.2, 0.25) is 0 Å². The normalized spacial score (nSPS) is 13.1. The zero-order chi connectivity index (χ0) is 15.2. The number of carbonyl (C=O) groups is 1. The van der Waals surface area contributed by atoms with E-state index in [1.165, 1.54) is 7.11 Å². The van der Waals surface area contributed by atoms with Crippen LogP contribution in [-0.4, -0.2) is 30.1 Å². The number of ether oxygens (including phenoxy) is 2. The summed E-state index contributed by atoms with van der Waals surface area (Å²) >= 11 is 0. The fourth-order valence-corrected chi connectivity index (χ4v) is 2.02. The standard InChI is InChI=1S/C16H24O4/c1-5-16(18,6-2)20-14(15(17)19-4)11-13-10-8-7-9-12(13)3/h7-10,14,18H,5-6,11H2,1-4H3. The van der Waals surface area contributed by atoms with Crippen LogP contribution in [0, 0.1) is 6.92 Å². The molecule has 0 bridgehead atoms. The van der Waals surface area contributed by atoms with Crippen LogP contribution in [-0.2, 0) is 20.7 Å². The lowest BCUT2D eigenvalue weighted by Gasteiger charge is -2.30. The Morgan fingerprint density at radius 3 is 2.40 bits per heavy atom. The van der Waals surface area contributed by atoms with Crippen molar-refractivity contribution in [1.82, 2.24) is 0 Å². The Morgan fingerprint density at radius 2 is 1.90 bits per heavy atom. The summed E-state index contributed by atoms with van der Waals surface area (Å²) in [5.41, 5.74) is 2.10. The van der Waals surface area contributed by atoms with Gasteiger partial charge in [0.15, 0.2) is 11.9 Å². The third-order valence-electron chi connectivity index (χ3n) is 3.60. The maximum Gasteiger partial charge on any atom is 0.335 e. The fourth-order valence-electron chi connectivity index (χ4n) is 2.02. The average molecular weight is 280 g/mol. The highest BCUT2D eigenvalue weighted by molar-refractivity contribution is 5.75. The van der Waals surface area contributed by atoms with Crippen molar-refractivity contribution < 1.29 is 19.4 Å². The van der Waals surface area contributed by atoms with E-state index in [9.17, 15) is 9.90 Å². The number of hydrogen-bond acceptors (Lipinski definition) is 4. The number of carbonyl (C=O) groups excluding carboxylic acids is 1. The Morgan fingerprint density at radius 1 is 1.30 bits per heavy atom. The number of esters is 1. The second-order valence-electron chi connectivity index (χ2n) is 4.91. The van der Waals surface area contributed by atoms with Crippen molar-refractivity contribution in [3.05, 3.63) is 35.4 Å². The van der Waals surface area contributed by atoms with Gasteiger partial charge < -0.3 is 14.6 Å². The van der Waals surface area contributed by atoms with Gasteiger partial charge in [-0.2, -0.15) is 0 Å². The molecule has 4 nitrogen and oxygen atoms in total. The van der Waals surface area contributed by atoms with Crippen LogP contribution in [0.3, 0.4) is 0 Å². The molecule has 1 atom stereocenters. The Kier molecular flexibility index (Phi) is 6.17. The molecule has 1 aromatic rings. The lowest BCUT2D eigenvalue weighted by Crippen LogP contribution is -2.40. The van der Waals surface area contributed by atoms with E-state index in [2.05, 4.69) is 0 Å². The Balaban J connectivity index is 2.91. The van der Waals surface area contributed by atoms with E-state index < -0.39 is 17.9 Å². The highest BCUT2D eigenvalue weighted by Gasteiger charge is 2.32. The molecule has 0 saturated heterocycles. The van der Waals surface area contributed by atoms with Crippen LogP contribution < -0.4 is 0 Å². The van der Waals surface area contributed by atoms with Crippen LogP contribution in [0.1, 0.15) is 37.8 Å². The molecule has 1 aromatic carbocycles. The van der Waals surface area contributed by atoms with E-state index in [4.69, 9.17) is 9.47 Å². The van der Waals surface area contributed by atoms with Crippen molar-refractivity contribution in [1.29, 1.82) is 0 Å². The molecule has 112 valence electrons. The number of aryl methyl sites for hydroxylation is 1. The third kappa shape index (κ3) is 4.32. The van der Waals surface area contributed by atoms with Crippen molar-refractivity contribution in [2.45, 2.75) is 51.9 Å². The summed E-state index contributed by atoms with van der Waals surface area (Å²) in [6.07, 6.45) is 0.433. The molecule has 1 unspecified atom stereocenters. The molecule has 0 aliphatic heterocycles. The van der Waals surface area contributed by atoms with Crippen LogP contribution in [0.25, 0.3) is 0 Å². The van der Waals surface area contributed by atoms with Gasteiger partial charge in [-0.1, -0.05) is 38.1 Å². The van der Waals surface area contributed by atoms with Gasteiger partial charge in [-0.25, -0.2) is 4.79 Å². The van der Waals surface area contributed by atoms with Gasteiger partial charge in [0.1, 0.15) is 0 Å². The second-order valence-corrected chi connectivity index (χ2v) is 4.91. The molecule has 0 heterocycles. The predicted molar refractivity (Wildman–Crippen MR) is 77.3 cm³/mol. The highest BCUT2D eigenvalue weighted by atomic mass is 16.6. The summed E-state index contributed by atoms with van der Waals surface area (Å²) in [6.45, 7) is 5.63. The Hall–Kier alpha value is -1.39. The lowest BCUT2D eigenvalue weighted by atomic mass is 10.0. The lowest BCUT2D eigenvalue weighted by molar-refractivity contribution is -0.237. The molecule has 0 amide bonds. The van der Waals surface area contributed by atoms with Gasteiger partial charge in [-0.05, 0) is 30.9 Å². The van der Waals surface area contributed by atoms with Gasteiger partial charge in [-0.15, -0.1) is 0 Å². The first kappa shape index (κ1) is 16.7. The molecule has 0 spiro atoms. The maximum atomic E-state index is 11.9. The zero-order valence-corrected chi connectivity index (χ0v) is 12.7. The van der Waals surface area contributed by atoms with Crippen LogP contribution >= 0.6 is 0 Å². The first-order chi connectivity index (χ1) is 9.45. The predicted octanol–water partition coefficient (Wildman–Crippen LogP) is 2.60. The minimum atomic E-state index is -1.29. The van der Waals surface area contributed by atoms with Gasteiger partial charge in [0.25, 0.3) is 0 Å². The summed E-state index contributed by atoms with van der Waals surface area (Å²) < 4.78 is 10.4. The second kappa shape index (κ2) is 7.41. The molecule has 4 heteroatoms. The van der Waals surface area contributed by atoms with Crippen molar-refractivity contribution >= 4 is 5.97 Å². The number of rotatable bonds is 7. The van der Waals surface area contributed by atoms with Crippen molar-refractivity contribution in [3.63, 3.8) is 0 Å². The monoisotopic (exact) mass is 280 g/mol. The minimum Gasteiger partial charge on any atom is -0.467 e. The van der Waals surface area contributed by atoms with Gasteiger partial charge in [0, 0.05) is 6.42 Å². The minimum absolute atomic E-state index is 0.391. The molecule has 1 N–H and O–H groups in total. The molecule has 0 fully saturated rings.